The Morgan fingerprint density at radius 1 is 0.923 bits per heavy atom. The molecule has 0 saturated carbocycles. The van der Waals surface area contributed by atoms with E-state index in [1.165, 1.54) is 5.56 Å². The molecule has 3 aromatic rings. The number of rotatable bonds is 9. The number of nitrogens with one attached hydrogen (secondary N) is 1. The maximum atomic E-state index is 5.95. The molecule has 0 bridgehead atoms. The first-order chi connectivity index (χ1) is 12.7. The van der Waals surface area contributed by atoms with Crippen molar-refractivity contribution in [2.75, 3.05) is 6.61 Å². The minimum atomic E-state index is 0.527. The van der Waals surface area contributed by atoms with Crippen molar-refractivity contribution < 1.29 is 9.47 Å². The lowest BCUT2D eigenvalue weighted by Gasteiger charge is -2.14. The van der Waals surface area contributed by atoms with Crippen LogP contribution >= 0.6 is 0 Å². The van der Waals surface area contributed by atoms with Crippen molar-refractivity contribution in [2.24, 2.45) is 7.05 Å². The van der Waals surface area contributed by atoms with Crippen LogP contribution in [-0.4, -0.2) is 16.4 Å². The molecular weight excluding hydrogens is 326 g/mol. The molecule has 2 aromatic carbocycles. The lowest BCUT2D eigenvalue weighted by atomic mass is 10.2. The SMILES string of the molecule is CCOc1cc(CNCc2cnn(C)c2)ccc1OCc1ccccc1. The van der Waals surface area contributed by atoms with Crippen LogP contribution in [0.2, 0.25) is 0 Å². The lowest BCUT2D eigenvalue weighted by Crippen LogP contribution is -2.12. The molecule has 136 valence electrons. The Hall–Kier alpha value is -2.79. The van der Waals surface area contributed by atoms with Crippen LogP contribution in [0.3, 0.4) is 0 Å². The van der Waals surface area contributed by atoms with Gasteiger partial charge in [0, 0.05) is 31.9 Å². The van der Waals surface area contributed by atoms with Crippen LogP contribution in [0.25, 0.3) is 0 Å². The molecule has 0 fully saturated rings. The van der Waals surface area contributed by atoms with Crippen LogP contribution in [0, 0.1) is 0 Å². The maximum absolute atomic E-state index is 5.95. The van der Waals surface area contributed by atoms with E-state index < -0.39 is 0 Å². The van der Waals surface area contributed by atoms with Crippen LogP contribution in [0.4, 0.5) is 0 Å². The van der Waals surface area contributed by atoms with E-state index in [4.69, 9.17) is 9.47 Å². The van der Waals surface area contributed by atoms with E-state index in [1.54, 1.807) is 0 Å². The molecule has 0 atom stereocenters. The fourth-order valence-corrected chi connectivity index (χ4v) is 2.70. The van der Waals surface area contributed by atoms with Crippen LogP contribution in [0.15, 0.2) is 60.9 Å². The Labute approximate surface area is 154 Å². The molecular formula is C21H25N3O2. The molecule has 0 aliphatic rings. The van der Waals surface area contributed by atoms with Crippen molar-refractivity contribution in [2.45, 2.75) is 26.6 Å². The Morgan fingerprint density at radius 3 is 2.46 bits per heavy atom. The number of aryl methyl sites for hydroxylation is 1. The van der Waals surface area contributed by atoms with Crippen LogP contribution in [0.1, 0.15) is 23.6 Å². The molecule has 3 rings (SSSR count). The van der Waals surface area contributed by atoms with Gasteiger partial charge in [-0.05, 0) is 30.2 Å². The minimum absolute atomic E-state index is 0.527. The molecule has 1 aromatic heterocycles. The molecule has 0 aliphatic heterocycles. The second kappa shape index (κ2) is 9.06. The zero-order valence-electron chi connectivity index (χ0n) is 15.3. The van der Waals surface area contributed by atoms with Gasteiger partial charge in [-0.1, -0.05) is 36.4 Å². The highest BCUT2D eigenvalue weighted by Gasteiger charge is 2.07. The highest BCUT2D eigenvalue weighted by molar-refractivity contribution is 5.43. The zero-order chi connectivity index (χ0) is 18.2. The number of hydrogen-bond acceptors (Lipinski definition) is 4. The second-order valence-corrected chi connectivity index (χ2v) is 6.11. The van der Waals surface area contributed by atoms with E-state index in [0.29, 0.717) is 13.2 Å². The van der Waals surface area contributed by atoms with Gasteiger partial charge < -0.3 is 14.8 Å². The largest absolute Gasteiger partial charge is 0.490 e. The summed E-state index contributed by atoms with van der Waals surface area (Å²) in [5.41, 5.74) is 3.46. The number of benzene rings is 2. The van der Waals surface area contributed by atoms with E-state index in [9.17, 15) is 0 Å². The number of nitrogens with zero attached hydrogens (tertiary/aromatic N) is 2. The van der Waals surface area contributed by atoms with Crippen molar-refractivity contribution >= 4 is 0 Å². The van der Waals surface area contributed by atoms with Gasteiger partial charge in [0.2, 0.25) is 0 Å². The summed E-state index contributed by atoms with van der Waals surface area (Å²) >= 11 is 0. The quantitative estimate of drug-likeness (QED) is 0.639. The van der Waals surface area contributed by atoms with Gasteiger partial charge in [-0.15, -0.1) is 0 Å². The molecule has 0 radical (unpaired) electrons. The summed E-state index contributed by atoms with van der Waals surface area (Å²) in [4.78, 5) is 0. The monoisotopic (exact) mass is 351 g/mol. The molecule has 0 saturated heterocycles. The summed E-state index contributed by atoms with van der Waals surface area (Å²) in [6.07, 6.45) is 3.89. The van der Waals surface area contributed by atoms with Crippen LogP contribution in [0.5, 0.6) is 11.5 Å². The highest BCUT2D eigenvalue weighted by atomic mass is 16.5. The summed E-state index contributed by atoms with van der Waals surface area (Å²) in [5, 5.41) is 7.61. The Balaban J connectivity index is 1.60. The summed E-state index contributed by atoms with van der Waals surface area (Å²) in [6.45, 7) is 4.65. The van der Waals surface area contributed by atoms with Gasteiger partial charge in [0.1, 0.15) is 6.61 Å². The predicted octanol–water partition coefficient (Wildman–Crippen LogP) is 3.69. The highest BCUT2D eigenvalue weighted by Crippen LogP contribution is 2.29. The molecule has 0 unspecified atom stereocenters. The van der Waals surface area contributed by atoms with Crippen LogP contribution in [-0.2, 0) is 26.7 Å². The van der Waals surface area contributed by atoms with Crippen molar-refractivity contribution in [3.63, 3.8) is 0 Å². The molecule has 1 heterocycles. The Kier molecular flexibility index (Phi) is 6.28. The van der Waals surface area contributed by atoms with E-state index in [0.717, 1.165) is 35.7 Å². The normalized spacial score (nSPS) is 10.7. The van der Waals surface area contributed by atoms with Crippen molar-refractivity contribution in [3.8, 4) is 11.5 Å². The summed E-state index contributed by atoms with van der Waals surface area (Å²) in [7, 11) is 1.92. The van der Waals surface area contributed by atoms with Crippen LogP contribution < -0.4 is 14.8 Å². The van der Waals surface area contributed by atoms with E-state index in [-0.39, 0.29) is 0 Å². The van der Waals surface area contributed by atoms with Gasteiger partial charge in [-0.25, -0.2) is 0 Å². The minimum Gasteiger partial charge on any atom is -0.490 e. The van der Waals surface area contributed by atoms with Gasteiger partial charge in [-0.2, -0.15) is 5.10 Å². The molecule has 1 N–H and O–H groups in total. The van der Waals surface area contributed by atoms with Crippen molar-refractivity contribution in [1.82, 2.24) is 15.1 Å². The second-order valence-electron chi connectivity index (χ2n) is 6.11. The third kappa shape index (κ3) is 5.10. The molecule has 5 heteroatoms. The fourth-order valence-electron chi connectivity index (χ4n) is 2.70. The third-order valence-corrected chi connectivity index (χ3v) is 3.96. The fraction of sp³-hybridized carbons (Fsp3) is 0.286. The first-order valence-electron chi connectivity index (χ1n) is 8.85. The van der Waals surface area contributed by atoms with E-state index >= 15 is 0 Å². The third-order valence-electron chi connectivity index (χ3n) is 3.96. The number of aromatic nitrogens is 2. The summed E-state index contributed by atoms with van der Waals surface area (Å²) in [6, 6.07) is 16.2. The lowest BCUT2D eigenvalue weighted by molar-refractivity contribution is 0.269. The molecule has 5 nitrogen and oxygen atoms in total. The van der Waals surface area contributed by atoms with Crippen molar-refractivity contribution in [3.05, 3.63) is 77.6 Å². The molecule has 0 amide bonds. The molecule has 0 spiro atoms. The molecule has 0 aliphatic carbocycles. The van der Waals surface area contributed by atoms with E-state index in [1.807, 2.05) is 61.4 Å². The maximum Gasteiger partial charge on any atom is 0.161 e. The van der Waals surface area contributed by atoms with Gasteiger partial charge in [0.05, 0.1) is 12.8 Å². The number of hydrogen-bond donors (Lipinski definition) is 1. The topological polar surface area (TPSA) is 48.3 Å². The summed E-state index contributed by atoms with van der Waals surface area (Å²) < 4.78 is 13.5. The number of ether oxygens (including phenoxy) is 2. The van der Waals surface area contributed by atoms with Gasteiger partial charge >= 0.3 is 0 Å². The zero-order valence-corrected chi connectivity index (χ0v) is 15.3. The smallest absolute Gasteiger partial charge is 0.161 e. The average molecular weight is 351 g/mol. The van der Waals surface area contributed by atoms with Crippen molar-refractivity contribution in [1.29, 1.82) is 0 Å². The predicted molar refractivity (Wildman–Crippen MR) is 102 cm³/mol. The van der Waals surface area contributed by atoms with Gasteiger partial charge in [0.25, 0.3) is 0 Å². The van der Waals surface area contributed by atoms with E-state index in [2.05, 4.69) is 28.6 Å². The van der Waals surface area contributed by atoms with Gasteiger partial charge in [0.15, 0.2) is 11.5 Å². The standard InChI is InChI=1S/C21H25N3O2/c1-3-25-21-11-18(12-22-13-19-14-23-24(2)15-19)9-10-20(21)26-16-17-7-5-4-6-8-17/h4-11,14-15,22H,3,12-13,16H2,1-2H3. The summed E-state index contributed by atoms with van der Waals surface area (Å²) in [5.74, 6) is 1.55. The Morgan fingerprint density at radius 2 is 1.73 bits per heavy atom. The Bertz CT molecular complexity index is 815. The first kappa shape index (κ1) is 18.0. The van der Waals surface area contributed by atoms with Gasteiger partial charge in [-0.3, -0.25) is 4.68 Å². The average Bonchev–Trinajstić information content (AvgIpc) is 3.07. The molecule has 26 heavy (non-hydrogen) atoms. The first-order valence-corrected chi connectivity index (χ1v) is 8.85.